The van der Waals surface area contributed by atoms with Crippen molar-refractivity contribution in [3.8, 4) is 0 Å². The van der Waals surface area contributed by atoms with Gasteiger partial charge in [-0.25, -0.2) is 4.39 Å². The Morgan fingerprint density at radius 3 is 2.53 bits per heavy atom. The van der Waals surface area contributed by atoms with E-state index in [1.54, 1.807) is 30.4 Å². The first-order valence-electron chi connectivity index (χ1n) is 4.95. The van der Waals surface area contributed by atoms with Crippen molar-refractivity contribution in [1.82, 2.24) is 0 Å². The fourth-order valence-corrected chi connectivity index (χ4v) is 4.53. The lowest BCUT2D eigenvalue weighted by molar-refractivity contribution is 0.617. The van der Waals surface area contributed by atoms with Gasteiger partial charge in [0.25, 0.3) is 0 Å². The standard InChI is InChI=1S/C12H10Br2FNS/c1-6-4-7(2-3-9(6)15)11(16)8-5-10(13)17-12(8)14/h2-5,11H,16H2,1H3. The molecule has 0 aliphatic carbocycles. The van der Waals surface area contributed by atoms with E-state index < -0.39 is 0 Å². The van der Waals surface area contributed by atoms with Gasteiger partial charge in [-0.1, -0.05) is 12.1 Å². The van der Waals surface area contributed by atoms with E-state index in [1.807, 2.05) is 6.07 Å². The van der Waals surface area contributed by atoms with Gasteiger partial charge in [-0.3, -0.25) is 0 Å². The third-order valence-electron chi connectivity index (χ3n) is 2.56. The number of hydrogen-bond donors (Lipinski definition) is 1. The van der Waals surface area contributed by atoms with Crippen molar-refractivity contribution in [1.29, 1.82) is 0 Å². The predicted octanol–water partition coefficient (Wildman–Crippen LogP) is 4.77. The van der Waals surface area contributed by atoms with E-state index in [2.05, 4.69) is 31.9 Å². The van der Waals surface area contributed by atoms with Crippen LogP contribution in [0.2, 0.25) is 0 Å². The third kappa shape index (κ3) is 2.78. The molecule has 0 saturated heterocycles. The molecule has 17 heavy (non-hydrogen) atoms. The molecule has 1 heterocycles. The number of aryl methyl sites for hydroxylation is 1. The van der Waals surface area contributed by atoms with Gasteiger partial charge in [0.05, 0.1) is 13.6 Å². The molecule has 90 valence electrons. The molecular weight excluding hydrogens is 369 g/mol. The van der Waals surface area contributed by atoms with Gasteiger partial charge in [0, 0.05) is 0 Å². The molecule has 0 amide bonds. The molecule has 1 aromatic carbocycles. The lowest BCUT2D eigenvalue weighted by atomic mass is 10.0. The number of rotatable bonds is 2. The first-order valence-corrected chi connectivity index (χ1v) is 7.35. The van der Waals surface area contributed by atoms with Gasteiger partial charge in [-0.15, -0.1) is 11.3 Å². The fourth-order valence-electron chi connectivity index (χ4n) is 1.61. The first kappa shape index (κ1) is 13.2. The Hall–Kier alpha value is -0.230. The molecule has 0 aliphatic rings. The maximum Gasteiger partial charge on any atom is 0.126 e. The Kier molecular flexibility index (Phi) is 4.02. The SMILES string of the molecule is Cc1cc(C(N)c2cc(Br)sc2Br)ccc1F. The van der Waals surface area contributed by atoms with Crippen LogP contribution in [0.25, 0.3) is 0 Å². The summed E-state index contributed by atoms with van der Waals surface area (Å²) in [6.45, 7) is 1.74. The lowest BCUT2D eigenvalue weighted by Gasteiger charge is -2.12. The topological polar surface area (TPSA) is 26.0 Å². The van der Waals surface area contributed by atoms with Crippen molar-refractivity contribution in [2.75, 3.05) is 0 Å². The highest BCUT2D eigenvalue weighted by Gasteiger charge is 2.15. The number of benzene rings is 1. The minimum Gasteiger partial charge on any atom is -0.320 e. The normalized spacial score (nSPS) is 12.8. The highest BCUT2D eigenvalue weighted by atomic mass is 79.9. The van der Waals surface area contributed by atoms with Gasteiger partial charge >= 0.3 is 0 Å². The zero-order chi connectivity index (χ0) is 12.6. The summed E-state index contributed by atoms with van der Waals surface area (Å²) in [4.78, 5) is 0. The molecule has 0 spiro atoms. The van der Waals surface area contributed by atoms with Gasteiger partial charge < -0.3 is 5.73 Å². The molecule has 2 rings (SSSR count). The van der Waals surface area contributed by atoms with Crippen molar-refractivity contribution in [3.63, 3.8) is 0 Å². The molecule has 0 saturated carbocycles. The summed E-state index contributed by atoms with van der Waals surface area (Å²) in [5, 5.41) is 0. The van der Waals surface area contributed by atoms with Crippen LogP contribution in [0.15, 0.2) is 31.8 Å². The van der Waals surface area contributed by atoms with E-state index in [9.17, 15) is 4.39 Å². The second kappa shape index (κ2) is 5.18. The second-order valence-electron chi connectivity index (χ2n) is 3.77. The molecule has 0 bridgehead atoms. The van der Waals surface area contributed by atoms with Crippen LogP contribution in [-0.2, 0) is 0 Å². The van der Waals surface area contributed by atoms with E-state index >= 15 is 0 Å². The summed E-state index contributed by atoms with van der Waals surface area (Å²) in [5.41, 5.74) is 8.72. The Balaban J connectivity index is 2.40. The van der Waals surface area contributed by atoms with E-state index in [0.29, 0.717) is 5.56 Å². The monoisotopic (exact) mass is 377 g/mol. The van der Waals surface area contributed by atoms with Crippen LogP contribution < -0.4 is 5.73 Å². The average molecular weight is 379 g/mol. The molecule has 5 heteroatoms. The van der Waals surface area contributed by atoms with Crippen molar-refractivity contribution >= 4 is 43.2 Å². The van der Waals surface area contributed by atoms with Crippen molar-refractivity contribution in [2.24, 2.45) is 5.73 Å². The van der Waals surface area contributed by atoms with Crippen molar-refractivity contribution < 1.29 is 4.39 Å². The average Bonchev–Trinajstić information content (AvgIpc) is 2.61. The lowest BCUT2D eigenvalue weighted by Crippen LogP contribution is -2.11. The first-order chi connectivity index (χ1) is 7.99. The van der Waals surface area contributed by atoms with E-state index in [0.717, 1.165) is 18.7 Å². The van der Waals surface area contributed by atoms with Crippen LogP contribution >= 0.6 is 43.2 Å². The minimum absolute atomic E-state index is 0.202. The molecule has 1 nitrogen and oxygen atoms in total. The fraction of sp³-hybridized carbons (Fsp3) is 0.167. The Morgan fingerprint density at radius 2 is 2.00 bits per heavy atom. The number of thiophene rings is 1. The molecule has 2 aromatic rings. The number of hydrogen-bond acceptors (Lipinski definition) is 2. The van der Waals surface area contributed by atoms with E-state index in [1.165, 1.54) is 6.07 Å². The second-order valence-corrected chi connectivity index (χ2v) is 7.52. The van der Waals surface area contributed by atoms with E-state index in [4.69, 9.17) is 5.73 Å². The largest absolute Gasteiger partial charge is 0.320 e. The van der Waals surface area contributed by atoms with Crippen LogP contribution in [-0.4, -0.2) is 0 Å². The van der Waals surface area contributed by atoms with Gasteiger partial charge in [0.15, 0.2) is 0 Å². The molecular formula is C12H10Br2FNS. The highest BCUT2D eigenvalue weighted by molar-refractivity contribution is 9.12. The Morgan fingerprint density at radius 1 is 1.29 bits per heavy atom. The van der Waals surface area contributed by atoms with Gasteiger partial charge in [0.1, 0.15) is 5.82 Å². The van der Waals surface area contributed by atoms with Crippen LogP contribution in [0.3, 0.4) is 0 Å². The summed E-state index contributed by atoms with van der Waals surface area (Å²) in [7, 11) is 0. The quantitative estimate of drug-likeness (QED) is 0.800. The van der Waals surface area contributed by atoms with Crippen molar-refractivity contribution in [2.45, 2.75) is 13.0 Å². The van der Waals surface area contributed by atoms with Gasteiger partial charge in [-0.2, -0.15) is 0 Å². The summed E-state index contributed by atoms with van der Waals surface area (Å²) in [5.74, 6) is -0.202. The molecule has 1 aromatic heterocycles. The molecule has 2 N–H and O–H groups in total. The Labute approximate surface area is 120 Å². The predicted molar refractivity (Wildman–Crippen MR) is 76.9 cm³/mol. The maximum atomic E-state index is 13.2. The zero-order valence-electron chi connectivity index (χ0n) is 9.01. The third-order valence-corrected chi connectivity index (χ3v) is 4.94. The maximum absolute atomic E-state index is 13.2. The number of halogens is 3. The van der Waals surface area contributed by atoms with Crippen molar-refractivity contribution in [3.05, 3.63) is 54.3 Å². The van der Waals surface area contributed by atoms with Gasteiger partial charge in [0.2, 0.25) is 0 Å². The molecule has 1 unspecified atom stereocenters. The zero-order valence-corrected chi connectivity index (χ0v) is 13.0. The Bertz CT molecular complexity index is 553. The smallest absolute Gasteiger partial charge is 0.126 e. The van der Waals surface area contributed by atoms with Gasteiger partial charge in [-0.05, 0) is 67.6 Å². The number of nitrogens with two attached hydrogens (primary N) is 1. The van der Waals surface area contributed by atoms with Crippen LogP contribution in [0, 0.1) is 12.7 Å². The van der Waals surface area contributed by atoms with E-state index in [-0.39, 0.29) is 11.9 Å². The van der Waals surface area contributed by atoms with Crippen LogP contribution in [0.5, 0.6) is 0 Å². The molecule has 0 fully saturated rings. The summed E-state index contributed by atoms with van der Waals surface area (Å²) in [6, 6.07) is 6.72. The van der Waals surface area contributed by atoms with Crippen LogP contribution in [0.4, 0.5) is 4.39 Å². The summed E-state index contributed by atoms with van der Waals surface area (Å²) < 4.78 is 15.2. The highest BCUT2D eigenvalue weighted by Crippen LogP contribution is 2.37. The molecule has 1 atom stereocenters. The summed E-state index contributed by atoms with van der Waals surface area (Å²) in [6.07, 6.45) is 0. The molecule has 0 aliphatic heterocycles. The molecule has 0 radical (unpaired) electrons. The summed E-state index contributed by atoms with van der Waals surface area (Å²) >= 11 is 8.48. The van der Waals surface area contributed by atoms with Crippen LogP contribution in [0.1, 0.15) is 22.7 Å². The minimum atomic E-state index is -0.244.